The van der Waals surface area contributed by atoms with Gasteiger partial charge in [0.2, 0.25) is 0 Å². The van der Waals surface area contributed by atoms with Gasteiger partial charge in [0.05, 0.1) is 5.69 Å². The lowest BCUT2D eigenvalue weighted by molar-refractivity contribution is 0.0997. The van der Waals surface area contributed by atoms with E-state index >= 15 is 0 Å². The molecule has 0 radical (unpaired) electrons. The summed E-state index contributed by atoms with van der Waals surface area (Å²) in [6.07, 6.45) is 0. The van der Waals surface area contributed by atoms with Crippen molar-refractivity contribution in [2.75, 3.05) is 5.32 Å². The van der Waals surface area contributed by atoms with E-state index in [0.29, 0.717) is 21.4 Å². The molecule has 110 valence electrons. The quantitative estimate of drug-likeness (QED) is 0.653. The van der Waals surface area contributed by atoms with Crippen LogP contribution in [0.15, 0.2) is 70.0 Å². The minimum atomic E-state index is -0.324. The molecule has 0 aliphatic carbocycles. The monoisotopic (exact) mass is 329 g/mol. The van der Waals surface area contributed by atoms with Gasteiger partial charge in [0.25, 0.3) is 5.91 Å². The highest BCUT2D eigenvalue weighted by Crippen LogP contribution is 2.26. The molecule has 0 bridgehead atoms. The predicted molar refractivity (Wildman–Crippen MR) is 90.8 cm³/mol. The molecule has 1 N–H and O–H groups in total. The lowest BCUT2D eigenvalue weighted by Crippen LogP contribution is -2.11. The fraction of sp³-hybridized carbons (Fsp3) is 0. The van der Waals surface area contributed by atoms with Crippen molar-refractivity contribution >= 4 is 35.8 Å². The van der Waals surface area contributed by atoms with Crippen molar-refractivity contribution in [2.24, 2.45) is 0 Å². The average Bonchev–Trinajstić information content (AvgIpc) is 2.99. The van der Waals surface area contributed by atoms with Gasteiger partial charge in [0.1, 0.15) is 5.76 Å². The van der Waals surface area contributed by atoms with Gasteiger partial charge >= 0.3 is 0 Å². The molecule has 5 heteroatoms. The molecule has 0 atom stereocenters. The standard InChI is InChI=1S/C17H12ClNO2S/c18-12-5-3-4-11(10-12)14-8-9-15(21-14)17(20)19-13-6-1-2-7-16(13)22/h1-10,22H,(H,19,20). The molecule has 3 nitrogen and oxygen atoms in total. The lowest BCUT2D eigenvalue weighted by Gasteiger charge is -2.05. The highest BCUT2D eigenvalue weighted by Gasteiger charge is 2.13. The number of nitrogens with one attached hydrogen (secondary N) is 1. The van der Waals surface area contributed by atoms with Crippen LogP contribution in [0.2, 0.25) is 5.02 Å². The minimum absolute atomic E-state index is 0.228. The van der Waals surface area contributed by atoms with Gasteiger partial charge in [-0.05, 0) is 36.4 Å². The average molecular weight is 330 g/mol. The third-order valence-corrected chi connectivity index (χ3v) is 3.72. The van der Waals surface area contributed by atoms with Crippen molar-refractivity contribution in [3.05, 3.63) is 71.4 Å². The molecule has 1 heterocycles. The Morgan fingerprint density at radius 1 is 1.05 bits per heavy atom. The Kier molecular flexibility index (Phi) is 4.22. The summed E-state index contributed by atoms with van der Waals surface area (Å²) >= 11 is 10.3. The summed E-state index contributed by atoms with van der Waals surface area (Å²) in [7, 11) is 0. The highest BCUT2D eigenvalue weighted by atomic mass is 35.5. The normalized spacial score (nSPS) is 10.5. The zero-order chi connectivity index (χ0) is 15.5. The molecule has 0 saturated carbocycles. The van der Waals surface area contributed by atoms with Crippen LogP contribution in [0, 0.1) is 0 Å². The van der Waals surface area contributed by atoms with E-state index in [4.69, 9.17) is 16.0 Å². The third-order valence-electron chi connectivity index (χ3n) is 3.09. The first-order valence-corrected chi connectivity index (χ1v) is 7.41. The van der Waals surface area contributed by atoms with E-state index in [1.54, 1.807) is 36.4 Å². The zero-order valence-corrected chi connectivity index (χ0v) is 13.1. The summed E-state index contributed by atoms with van der Waals surface area (Å²) in [5, 5.41) is 3.38. The first-order chi connectivity index (χ1) is 10.6. The number of para-hydroxylation sites is 1. The summed E-state index contributed by atoms with van der Waals surface area (Å²) in [5.74, 6) is 0.494. The van der Waals surface area contributed by atoms with E-state index in [0.717, 1.165) is 5.56 Å². The second-order valence-corrected chi connectivity index (χ2v) is 5.56. The molecule has 0 fully saturated rings. The van der Waals surface area contributed by atoms with Crippen molar-refractivity contribution in [3.63, 3.8) is 0 Å². The first-order valence-electron chi connectivity index (χ1n) is 6.58. The topological polar surface area (TPSA) is 42.2 Å². The number of hydrogen-bond acceptors (Lipinski definition) is 3. The van der Waals surface area contributed by atoms with E-state index in [-0.39, 0.29) is 11.7 Å². The zero-order valence-electron chi connectivity index (χ0n) is 11.4. The molecule has 0 unspecified atom stereocenters. The number of anilines is 1. The number of furan rings is 1. The smallest absolute Gasteiger partial charge is 0.291 e. The minimum Gasteiger partial charge on any atom is -0.451 e. The molecule has 2 aromatic carbocycles. The Labute approximate surface area is 138 Å². The number of carbonyl (C=O) groups is 1. The highest BCUT2D eigenvalue weighted by molar-refractivity contribution is 7.80. The van der Waals surface area contributed by atoms with Crippen molar-refractivity contribution in [2.45, 2.75) is 4.90 Å². The Balaban J connectivity index is 1.82. The van der Waals surface area contributed by atoms with E-state index in [9.17, 15) is 4.79 Å². The molecular formula is C17H12ClNO2S. The van der Waals surface area contributed by atoms with Gasteiger partial charge in [-0.2, -0.15) is 0 Å². The molecule has 3 aromatic rings. The van der Waals surface area contributed by atoms with Gasteiger partial charge in [-0.3, -0.25) is 4.79 Å². The van der Waals surface area contributed by atoms with Crippen molar-refractivity contribution < 1.29 is 9.21 Å². The Morgan fingerprint density at radius 3 is 2.64 bits per heavy atom. The summed E-state index contributed by atoms with van der Waals surface area (Å²) in [4.78, 5) is 12.9. The number of carbonyl (C=O) groups excluding carboxylic acids is 1. The van der Waals surface area contributed by atoms with Gasteiger partial charge in [-0.1, -0.05) is 35.9 Å². The predicted octanol–water partition coefficient (Wildman–Crippen LogP) is 5.14. The maximum absolute atomic E-state index is 12.2. The van der Waals surface area contributed by atoms with E-state index in [2.05, 4.69) is 17.9 Å². The van der Waals surface area contributed by atoms with Gasteiger partial charge < -0.3 is 9.73 Å². The molecule has 1 amide bonds. The van der Waals surface area contributed by atoms with Crippen LogP contribution in [-0.4, -0.2) is 5.91 Å². The molecular weight excluding hydrogens is 318 g/mol. The molecule has 22 heavy (non-hydrogen) atoms. The number of rotatable bonds is 3. The van der Waals surface area contributed by atoms with Gasteiger partial charge in [-0.15, -0.1) is 12.6 Å². The van der Waals surface area contributed by atoms with Gasteiger partial charge in [0.15, 0.2) is 5.76 Å². The van der Waals surface area contributed by atoms with Crippen molar-refractivity contribution in [1.29, 1.82) is 0 Å². The lowest BCUT2D eigenvalue weighted by atomic mass is 10.2. The van der Waals surface area contributed by atoms with Gasteiger partial charge in [0, 0.05) is 15.5 Å². The molecule has 0 saturated heterocycles. The Hall–Kier alpha value is -2.17. The summed E-state index contributed by atoms with van der Waals surface area (Å²) < 4.78 is 5.60. The number of amides is 1. The van der Waals surface area contributed by atoms with E-state index in [1.165, 1.54) is 0 Å². The maximum Gasteiger partial charge on any atom is 0.291 e. The number of hydrogen-bond donors (Lipinski definition) is 2. The fourth-order valence-corrected chi connectivity index (χ4v) is 2.43. The van der Waals surface area contributed by atoms with Crippen molar-refractivity contribution in [1.82, 2.24) is 0 Å². The largest absolute Gasteiger partial charge is 0.451 e. The summed E-state index contributed by atoms with van der Waals surface area (Å²) in [6.45, 7) is 0. The van der Waals surface area contributed by atoms with Crippen LogP contribution >= 0.6 is 24.2 Å². The van der Waals surface area contributed by atoms with E-state index in [1.807, 2.05) is 24.3 Å². The van der Waals surface area contributed by atoms with Crippen LogP contribution in [0.5, 0.6) is 0 Å². The molecule has 1 aromatic heterocycles. The van der Waals surface area contributed by atoms with Crippen LogP contribution in [0.1, 0.15) is 10.6 Å². The van der Waals surface area contributed by atoms with Crippen LogP contribution in [-0.2, 0) is 0 Å². The third kappa shape index (κ3) is 3.18. The van der Waals surface area contributed by atoms with Crippen LogP contribution < -0.4 is 5.32 Å². The second kappa shape index (κ2) is 6.30. The molecule has 0 spiro atoms. The Bertz CT molecular complexity index is 829. The summed E-state index contributed by atoms with van der Waals surface area (Å²) in [6, 6.07) is 17.9. The van der Waals surface area contributed by atoms with Gasteiger partial charge in [-0.25, -0.2) is 0 Å². The Morgan fingerprint density at radius 2 is 1.86 bits per heavy atom. The SMILES string of the molecule is O=C(Nc1ccccc1S)c1ccc(-c2cccc(Cl)c2)o1. The fourth-order valence-electron chi connectivity index (χ4n) is 2.02. The molecule has 0 aliphatic heterocycles. The van der Waals surface area contributed by atoms with Crippen LogP contribution in [0.4, 0.5) is 5.69 Å². The molecule has 0 aliphatic rings. The van der Waals surface area contributed by atoms with Crippen molar-refractivity contribution in [3.8, 4) is 11.3 Å². The maximum atomic E-state index is 12.2. The van der Waals surface area contributed by atoms with Crippen LogP contribution in [0.25, 0.3) is 11.3 Å². The number of benzene rings is 2. The molecule has 3 rings (SSSR count). The summed E-state index contributed by atoms with van der Waals surface area (Å²) in [5.41, 5.74) is 1.46. The second-order valence-electron chi connectivity index (χ2n) is 4.65. The first kappa shape index (κ1) is 14.8. The number of halogens is 1. The van der Waals surface area contributed by atoms with E-state index < -0.39 is 0 Å². The van der Waals surface area contributed by atoms with Crippen LogP contribution in [0.3, 0.4) is 0 Å². The number of thiol groups is 1.